The number of carbonyl (C=O) groups excluding carboxylic acids is 2. The molecule has 0 heterocycles. The lowest BCUT2D eigenvalue weighted by atomic mass is 10.1. The highest BCUT2D eigenvalue weighted by atomic mass is 35.5. The van der Waals surface area contributed by atoms with Crippen molar-refractivity contribution in [3.63, 3.8) is 0 Å². The molecule has 1 rings (SSSR count). The van der Waals surface area contributed by atoms with Gasteiger partial charge in [-0.25, -0.2) is 0 Å². The van der Waals surface area contributed by atoms with Crippen LogP contribution < -0.4 is 4.74 Å². The summed E-state index contributed by atoms with van der Waals surface area (Å²) in [5.74, 6) is -1.23. The monoisotopic (exact) mass is 456 g/mol. The lowest BCUT2D eigenvalue weighted by Crippen LogP contribution is -2.13. The highest BCUT2D eigenvalue weighted by Gasteiger charge is 2.19. The van der Waals surface area contributed by atoms with Crippen LogP contribution in [0.15, 0.2) is 6.07 Å². The summed E-state index contributed by atoms with van der Waals surface area (Å²) < 4.78 is 10.2. The molecule has 0 unspecified atom stereocenters. The second-order valence-corrected chi connectivity index (χ2v) is 7.68. The fourth-order valence-electron chi connectivity index (χ4n) is 2.33. The predicted molar refractivity (Wildman–Crippen MR) is 110 cm³/mol. The van der Waals surface area contributed by atoms with E-state index in [9.17, 15) is 9.59 Å². The number of unbranched alkanes of at least 4 members (excludes halogenated alkanes) is 6. The molecular formula is C19H24Cl4O4. The van der Waals surface area contributed by atoms with Crippen molar-refractivity contribution in [2.75, 3.05) is 6.61 Å². The Morgan fingerprint density at radius 1 is 0.815 bits per heavy atom. The number of hydrogen-bond donors (Lipinski definition) is 0. The molecule has 4 nitrogen and oxygen atoms in total. The van der Waals surface area contributed by atoms with Crippen LogP contribution >= 0.6 is 46.4 Å². The van der Waals surface area contributed by atoms with Gasteiger partial charge < -0.3 is 9.47 Å². The Kier molecular flexibility index (Phi) is 12.2. The zero-order valence-corrected chi connectivity index (χ0v) is 18.3. The first kappa shape index (κ1) is 24.4. The third-order valence-electron chi connectivity index (χ3n) is 3.83. The van der Waals surface area contributed by atoms with E-state index in [1.807, 2.05) is 0 Å². The summed E-state index contributed by atoms with van der Waals surface area (Å²) in [6, 6.07) is 1.35. The Labute approximate surface area is 180 Å². The quantitative estimate of drug-likeness (QED) is 0.143. The molecule has 0 saturated heterocycles. The fraction of sp³-hybridized carbons (Fsp3) is 0.579. The van der Waals surface area contributed by atoms with Gasteiger partial charge in [-0.15, -0.1) is 0 Å². The lowest BCUT2D eigenvalue weighted by molar-refractivity contribution is -0.147. The Bertz CT molecular complexity index is 608. The Hall–Kier alpha value is -0.680. The summed E-state index contributed by atoms with van der Waals surface area (Å²) in [5.41, 5.74) is 0. The van der Waals surface area contributed by atoms with Crippen molar-refractivity contribution in [3.05, 3.63) is 26.2 Å². The predicted octanol–water partition coefficient (Wildman–Crippen LogP) is 7.28. The molecule has 27 heavy (non-hydrogen) atoms. The normalized spacial score (nSPS) is 10.7. The van der Waals surface area contributed by atoms with Gasteiger partial charge in [0.2, 0.25) is 0 Å². The van der Waals surface area contributed by atoms with Crippen LogP contribution in [0.1, 0.15) is 64.7 Å². The van der Waals surface area contributed by atoms with E-state index < -0.39 is 11.9 Å². The molecule has 0 saturated carbocycles. The van der Waals surface area contributed by atoms with Gasteiger partial charge in [0.15, 0.2) is 5.75 Å². The molecule has 1 aromatic rings. The van der Waals surface area contributed by atoms with Crippen molar-refractivity contribution >= 4 is 58.3 Å². The summed E-state index contributed by atoms with van der Waals surface area (Å²) in [6.07, 6.45) is 7.72. The van der Waals surface area contributed by atoms with Gasteiger partial charge in [-0.2, -0.15) is 0 Å². The van der Waals surface area contributed by atoms with Crippen LogP contribution in [0.25, 0.3) is 0 Å². The van der Waals surface area contributed by atoms with Crippen LogP contribution in [-0.4, -0.2) is 18.5 Å². The van der Waals surface area contributed by atoms with Crippen LogP contribution in [0.2, 0.25) is 20.1 Å². The number of rotatable bonds is 12. The van der Waals surface area contributed by atoms with E-state index in [0.29, 0.717) is 6.61 Å². The van der Waals surface area contributed by atoms with Crippen molar-refractivity contribution in [2.45, 2.75) is 64.7 Å². The molecule has 0 bridgehead atoms. The van der Waals surface area contributed by atoms with E-state index in [4.69, 9.17) is 55.9 Å². The average molecular weight is 458 g/mol. The number of carbonyl (C=O) groups is 2. The summed E-state index contributed by atoms with van der Waals surface area (Å²) in [4.78, 5) is 23.6. The lowest BCUT2D eigenvalue weighted by Gasteiger charge is -2.10. The van der Waals surface area contributed by atoms with Crippen LogP contribution in [0.3, 0.4) is 0 Å². The first-order valence-corrected chi connectivity index (χ1v) is 10.6. The van der Waals surface area contributed by atoms with E-state index >= 15 is 0 Å². The van der Waals surface area contributed by atoms with Gasteiger partial charge in [0, 0.05) is 0 Å². The van der Waals surface area contributed by atoms with Crippen LogP contribution in [0.5, 0.6) is 5.75 Å². The molecule has 0 aliphatic rings. The maximum atomic E-state index is 11.9. The van der Waals surface area contributed by atoms with Crippen molar-refractivity contribution in [1.82, 2.24) is 0 Å². The smallest absolute Gasteiger partial charge is 0.311 e. The van der Waals surface area contributed by atoms with E-state index in [2.05, 4.69) is 6.92 Å². The highest BCUT2D eigenvalue weighted by Crippen LogP contribution is 2.42. The molecule has 0 N–H and O–H groups in total. The minimum atomic E-state index is -0.676. The maximum Gasteiger partial charge on any atom is 0.311 e. The Morgan fingerprint density at radius 2 is 1.33 bits per heavy atom. The number of hydrogen-bond acceptors (Lipinski definition) is 4. The molecule has 0 spiro atoms. The minimum absolute atomic E-state index is 0.0130. The first-order valence-electron chi connectivity index (χ1n) is 9.06. The second-order valence-electron chi connectivity index (χ2n) is 6.11. The summed E-state index contributed by atoms with van der Waals surface area (Å²) in [7, 11) is 0. The molecule has 0 aromatic heterocycles. The Morgan fingerprint density at radius 3 is 1.93 bits per heavy atom. The molecule has 0 aliphatic carbocycles. The van der Waals surface area contributed by atoms with E-state index in [1.165, 1.54) is 31.7 Å². The number of halogens is 4. The number of benzene rings is 1. The van der Waals surface area contributed by atoms with Crippen molar-refractivity contribution in [2.24, 2.45) is 0 Å². The van der Waals surface area contributed by atoms with Gasteiger partial charge >= 0.3 is 11.9 Å². The van der Waals surface area contributed by atoms with Crippen molar-refractivity contribution in [3.8, 4) is 5.75 Å². The molecule has 0 aliphatic heterocycles. The molecule has 0 atom stereocenters. The van der Waals surface area contributed by atoms with Gasteiger partial charge in [0.1, 0.15) is 10.0 Å². The number of esters is 2. The standard InChI is InChI=1S/C19H24Cl4O4/c1-2-3-4-5-6-7-8-11-26-15(24)9-10-16(25)27-19-17(22)13(20)12-14(21)18(19)23/h12H,2-11H2,1H3. The van der Waals surface area contributed by atoms with Gasteiger partial charge in [0.25, 0.3) is 0 Å². The zero-order valence-electron chi connectivity index (χ0n) is 15.3. The van der Waals surface area contributed by atoms with Gasteiger partial charge in [-0.3, -0.25) is 9.59 Å². The third kappa shape index (κ3) is 9.38. The van der Waals surface area contributed by atoms with Gasteiger partial charge in [-0.05, 0) is 12.5 Å². The average Bonchev–Trinajstić information content (AvgIpc) is 2.64. The van der Waals surface area contributed by atoms with E-state index in [1.54, 1.807) is 0 Å². The van der Waals surface area contributed by atoms with Gasteiger partial charge in [0.05, 0.1) is 29.5 Å². The van der Waals surface area contributed by atoms with Crippen molar-refractivity contribution in [1.29, 1.82) is 0 Å². The zero-order chi connectivity index (χ0) is 20.2. The van der Waals surface area contributed by atoms with E-state index in [0.717, 1.165) is 19.3 Å². The molecule has 0 radical (unpaired) electrons. The van der Waals surface area contributed by atoms with Crippen LogP contribution in [0.4, 0.5) is 0 Å². The summed E-state index contributed by atoms with van der Waals surface area (Å²) >= 11 is 23.7. The summed E-state index contributed by atoms with van der Waals surface area (Å²) in [6.45, 7) is 2.55. The van der Waals surface area contributed by atoms with E-state index in [-0.39, 0.29) is 38.7 Å². The second kappa shape index (κ2) is 13.5. The largest absolute Gasteiger partial charge is 0.466 e. The fourth-order valence-corrected chi connectivity index (χ4v) is 3.20. The molecule has 1 aromatic carbocycles. The van der Waals surface area contributed by atoms with Crippen molar-refractivity contribution < 1.29 is 19.1 Å². The van der Waals surface area contributed by atoms with Crippen LogP contribution in [0, 0.1) is 0 Å². The molecule has 0 amide bonds. The SMILES string of the molecule is CCCCCCCCCOC(=O)CCC(=O)Oc1c(Cl)c(Cl)cc(Cl)c1Cl. The minimum Gasteiger partial charge on any atom is -0.466 e. The molecule has 8 heteroatoms. The van der Waals surface area contributed by atoms with Gasteiger partial charge in [-0.1, -0.05) is 91.9 Å². The molecule has 0 fully saturated rings. The third-order valence-corrected chi connectivity index (χ3v) is 5.37. The number of ether oxygens (including phenoxy) is 2. The molecular weight excluding hydrogens is 434 g/mol. The first-order chi connectivity index (χ1) is 12.9. The highest BCUT2D eigenvalue weighted by molar-refractivity contribution is 6.48. The van der Waals surface area contributed by atoms with Crippen LogP contribution in [-0.2, 0) is 14.3 Å². The topological polar surface area (TPSA) is 52.6 Å². The maximum absolute atomic E-state index is 11.9. The Balaban J connectivity index is 2.26. The summed E-state index contributed by atoms with van der Waals surface area (Å²) in [5, 5.41) is 0.202. The molecule has 152 valence electrons.